The number of rotatable bonds is 4. The maximum absolute atomic E-state index is 12.4. The molecule has 5 rings (SSSR count). The lowest BCUT2D eigenvalue weighted by Crippen LogP contribution is -2.22. The SMILES string of the molecule is Cc1ccc2oc(-c3ccccc3)cc(=Nc3ccc(OC(=O)C4CCCCC4)cc3)c2c1. The van der Waals surface area contributed by atoms with Crippen LogP contribution in [0.25, 0.3) is 22.3 Å². The molecule has 3 aromatic carbocycles. The predicted octanol–water partition coefficient (Wildman–Crippen LogP) is 7.13. The second-order valence-corrected chi connectivity index (χ2v) is 8.72. The van der Waals surface area contributed by atoms with Crippen LogP contribution < -0.4 is 10.1 Å². The van der Waals surface area contributed by atoms with E-state index in [0.29, 0.717) is 5.75 Å². The van der Waals surface area contributed by atoms with Gasteiger partial charge in [-0.1, -0.05) is 61.2 Å². The van der Waals surface area contributed by atoms with Crippen LogP contribution in [0.3, 0.4) is 0 Å². The molecular formula is C29H27NO3. The third-order valence-corrected chi connectivity index (χ3v) is 6.20. The molecule has 0 bridgehead atoms. The Balaban J connectivity index is 1.48. The molecule has 0 amide bonds. The quantitative estimate of drug-likeness (QED) is 0.252. The number of carbonyl (C=O) groups excluding carboxylic acids is 1. The van der Waals surface area contributed by atoms with Gasteiger partial charge in [0.2, 0.25) is 0 Å². The summed E-state index contributed by atoms with van der Waals surface area (Å²) in [6.45, 7) is 2.06. The first kappa shape index (κ1) is 21.2. The molecule has 1 saturated carbocycles. The molecule has 0 saturated heterocycles. The summed E-state index contributed by atoms with van der Waals surface area (Å²) in [6, 6.07) is 25.5. The Morgan fingerprint density at radius 3 is 2.42 bits per heavy atom. The zero-order valence-corrected chi connectivity index (χ0v) is 18.8. The highest BCUT2D eigenvalue weighted by atomic mass is 16.5. The van der Waals surface area contributed by atoms with Crippen molar-refractivity contribution in [1.29, 1.82) is 0 Å². The smallest absolute Gasteiger partial charge is 0.314 e. The second-order valence-electron chi connectivity index (χ2n) is 8.72. The lowest BCUT2D eigenvalue weighted by Gasteiger charge is -2.19. The van der Waals surface area contributed by atoms with Crippen molar-refractivity contribution in [2.75, 3.05) is 0 Å². The van der Waals surface area contributed by atoms with Gasteiger partial charge in [0.1, 0.15) is 17.1 Å². The van der Waals surface area contributed by atoms with Crippen molar-refractivity contribution >= 4 is 22.6 Å². The normalized spacial score (nSPS) is 15.0. The van der Waals surface area contributed by atoms with Gasteiger partial charge in [0.05, 0.1) is 17.0 Å². The summed E-state index contributed by atoms with van der Waals surface area (Å²) >= 11 is 0. The van der Waals surface area contributed by atoms with Gasteiger partial charge in [0.25, 0.3) is 0 Å². The Kier molecular flexibility index (Phi) is 6.07. The summed E-state index contributed by atoms with van der Waals surface area (Å²) in [5.74, 6) is 1.25. The number of hydrogen-bond donors (Lipinski definition) is 0. The minimum Gasteiger partial charge on any atom is -0.456 e. The summed E-state index contributed by atoms with van der Waals surface area (Å²) < 4.78 is 11.8. The van der Waals surface area contributed by atoms with Gasteiger partial charge in [-0.2, -0.15) is 0 Å². The lowest BCUT2D eigenvalue weighted by molar-refractivity contribution is -0.139. The van der Waals surface area contributed by atoms with Gasteiger partial charge in [0.15, 0.2) is 0 Å². The standard InChI is InChI=1S/C29H27NO3/c1-20-12-17-27-25(18-20)26(19-28(33-27)21-8-4-2-5-9-21)30-23-13-15-24(16-14-23)32-29(31)22-10-6-3-7-11-22/h2,4-5,8-9,12-19,22H,3,6-7,10-11H2,1H3. The number of aryl methyl sites for hydroxylation is 1. The Morgan fingerprint density at radius 1 is 0.909 bits per heavy atom. The summed E-state index contributed by atoms with van der Waals surface area (Å²) in [7, 11) is 0. The Labute approximate surface area is 193 Å². The molecule has 4 heteroatoms. The van der Waals surface area contributed by atoms with Crippen molar-refractivity contribution in [3.05, 3.63) is 89.8 Å². The van der Waals surface area contributed by atoms with E-state index in [1.807, 2.05) is 72.8 Å². The van der Waals surface area contributed by atoms with E-state index < -0.39 is 0 Å². The number of benzene rings is 3. The van der Waals surface area contributed by atoms with E-state index in [1.165, 1.54) is 6.42 Å². The number of ether oxygens (including phenoxy) is 1. The monoisotopic (exact) mass is 437 g/mol. The molecule has 1 fully saturated rings. The van der Waals surface area contributed by atoms with Gasteiger partial charge in [-0.25, -0.2) is 4.99 Å². The Hall–Kier alpha value is -3.66. The zero-order valence-electron chi connectivity index (χ0n) is 18.8. The molecule has 0 atom stereocenters. The largest absolute Gasteiger partial charge is 0.456 e. The van der Waals surface area contributed by atoms with Crippen LogP contribution in [0.2, 0.25) is 0 Å². The number of hydrogen-bond acceptors (Lipinski definition) is 4. The van der Waals surface area contributed by atoms with Crippen LogP contribution in [0.4, 0.5) is 5.69 Å². The van der Waals surface area contributed by atoms with Crippen LogP contribution in [0.1, 0.15) is 37.7 Å². The lowest BCUT2D eigenvalue weighted by atomic mass is 9.89. The molecule has 166 valence electrons. The fraction of sp³-hybridized carbons (Fsp3) is 0.241. The molecule has 1 heterocycles. The average Bonchev–Trinajstić information content (AvgIpc) is 2.86. The molecule has 1 aromatic heterocycles. The number of carbonyl (C=O) groups is 1. The second kappa shape index (κ2) is 9.45. The molecule has 0 radical (unpaired) electrons. The highest BCUT2D eigenvalue weighted by Crippen LogP contribution is 2.27. The fourth-order valence-corrected chi connectivity index (χ4v) is 4.39. The van der Waals surface area contributed by atoms with Gasteiger partial charge < -0.3 is 9.15 Å². The van der Waals surface area contributed by atoms with Crippen molar-refractivity contribution in [1.82, 2.24) is 0 Å². The first-order valence-electron chi connectivity index (χ1n) is 11.6. The van der Waals surface area contributed by atoms with Crippen LogP contribution in [-0.2, 0) is 4.79 Å². The van der Waals surface area contributed by atoms with Crippen LogP contribution in [0.15, 0.2) is 88.3 Å². The number of fused-ring (bicyclic) bond motifs is 1. The van der Waals surface area contributed by atoms with E-state index in [4.69, 9.17) is 14.1 Å². The van der Waals surface area contributed by atoms with Crippen LogP contribution in [0, 0.1) is 12.8 Å². The van der Waals surface area contributed by atoms with Crippen LogP contribution in [-0.4, -0.2) is 5.97 Å². The van der Waals surface area contributed by atoms with E-state index in [9.17, 15) is 4.79 Å². The van der Waals surface area contributed by atoms with Gasteiger partial charge in [-0.15, -0.1) is 0 Å². The van der Waals surface area contributed by atoms with Crippen molar-refractivity contribution in [2.45, 2.75) is 39.0 Å². The molecule has 0 unspecified atom stereocenters. The fourth-order valence-electron chi connectivity index (χ4n) is 4.39. The summed E-state index contributed by atoms with van der Waals surface area (Å²) in [4.78, 5) is 17.3. The number of esters is 1. The summed E-state index contributed by atoms with van der Waals surface area (Å²) in [6.07, 6.45) is 5.30. The van der Waals surface area contributed by atoms with Crippen molar-refractivity contribution < 1.29 is 13.9 Å². The molecule has 4 nitrogen and oxygen atoms in total. The van der Waals surface area contributed by atoms with Crippen molar-refractivity contribution in [3.8, 4) is 17.1 Å². The molecule has 33 heavy (non-hydrogen) atoms. The molecule has 0 N–H and O–H groups in total. The minimum atomic E-state index is -0.113. The van der Waals surface area contributed by atoms with Gasteiger partial charge >= 0.3 is 5.97 Å². The van der Waals surface area contributed by atoms with E-state index in [0.717, 1.165) is 64.6 Å². The first-order chi connectivity index (χ1) is 16.2. The Morgan fingerprint density at radius 2 is 1.67 bits per heavy atom. The third-order valence-electron chi connectivity index (χ3n) is 6.20. The van der Waals surface area contributed by atoms with Crippen LogP contribution >= 0.6 is 0 Å². The van der Waals surface area contributed by atoms with Gasteiger partial charge in [-0.3, -0.25) is 4.79 Å². The van der Waals surface area contributed by atoms with E-state index in [1.54, 1.807) is 0 Å². The van der Waals surface area contributed by atoms with Crippen molar-refractivity contribution in [2.24, 2.45) is 10.9 Å². The topological polar surface area (TPSA) is 51.8 Å². The molecule has 0 spiro atoms. The average molecular weight is 438 g/mol. The molecule has 4 aromatic rings. The van der Waals surface area contributed by atoms with Crippen molar-refractivity contribution in [3.63, 3.8) is 0 Å². The highest BCUT2D eigenvalue weighted by molar-refractivity contribution is 5.79. The highest BCUT2D eigenvalue weighted by Gasteiger charge is 2.22. The van der Waals surface area contributed by atoms with Gasteiger partial charge in [-0.05, 0) is 56.2 Å². The molecule has 1 aliphatic carbocycles. The van der Waals surface area contributed by atoms with E-state index in [-0.39, 0.29) is 11.9 Å². The molecule has 0 aliphatic heterocycles. The molecule has 1 aliphatic rings. The van der Waals surface area contributed by atoms with Crippen LogP contribution in [0.5, 0.6) is 5.75 Å². The zero-order chi connectivity index (χ0) is 22.6. The van der Waals surface area contributed by atoms with E-state index in [2.05, 4.69) is 13.0 Å². The number of nitrogens with zero attached hydrogens (tertiary/aromatic N) is 1. The molecular weight excluding hydrogens is 410 g/mol. The maximum atomic E-state index is 12.4. The Bertz CT molecular complexity index is 1330. The maximum Gasteiger partial charge on any atom is 0.314 e. The van der Waals surface area contributed by atoms with Gasteiger partial charge in [0, 0.05) is 17.0 Å². The predicted molar refractivity (Wildman–Crippen MR) is 130 cm³/mol. The summed E-state index contributed by atoms with van der Waals surface area (Å²) in [5, 5.41) is 1.80. The first-order valence-corrected chi connectivity index (χ1v) is 11.6. The van der Waals surface area contributed by atoms with E-state index >= 15 is 0 Å². The third kappa shape index (κ3) is 4.90. The minimum absolute atomic E-state index is 0.0298. The summed E-state index contributed by atoms with van der Waals surface area (Å²) in [5.41, 5.74) is 3.73.